The second kappa shape index (κ2) is 14.6. The van der Waals surface area contributed by atoms with Crippen molar-refractivity contribution in [1.29, 1.82) is 0 Å². The molecule has 4 aromatic carbocycles. The lowest BCUT2D eigenvalue weighted by molar-refractivity contribution is -0.131. The number of Topliss-reactive ketones (excluding diaryl/α,β-unsaturated/α-hetero) is 1. The van der Waals surface area contributed by atoms with Crippen molar-refractivity contribution < 1.29 is 14.3 Å². The van der Waals surface area contributed by atoms with Gasteiger partial charge in [-0.15, -0.1) is 0 Å². The number of nitrogens with one attached hydrogen (secondary N) is 2. The first-order valence-corrected chi connectivity index (χ1v) is 17.7. The van der Waals surface area contributed by atoms with Gasteiger partial charge in [0.15, 0.2) is 5.78 Å². The van der Waals surface area contributed by atoms with Gasteiger partial charge in [-0.3, -0.25) is 14.5 Å². The van der Waals surface area contributed by atoms with E-state index in [1.165, 1.54) is 0 Å². The Morgan fingerprint density at radius 2 is 1.35 bits per heavy atom. The third-order valence-electron chi connectivity index (χ3n) is 9.95. The number of amides is 1. The Hall–Kier alpha value is -5.80. The van der Waals surface area contributed by atoms with Crippen LogP contribution in [0.1, 0.15) is 65.3 Å². The summed E-state index contributed by atoms with van der Waals surface area (Å²) in [7, 11) is 0. The molecule has 2 atom stereocenters. The molecule has 2 aliphatic heterocycles. The van der Waals surface area contributed by atoms with E-state index in [0.717, 1.165) is 89.8 Å². The van der Waals surface area contributed by atoms with Crippen LogP contribution in [-0.4, -0.2) is 61.1 Å². The molecule has 9 nitrogen and oxygen atoms in total. The van der Waals surface area contributed by atoms with Gasteiger partial charge in [0.2, 0.25) is 5.91 Å². The van der Waals surface area contributed by atoms with Crippen molar-refractivity contribution in [3.05, 3.63) is 144 Å². The SMILES string of the molecule is O=C(CN1CCC[C@H]1c1ncc(-c2ccc(Oc3cccc(-c4cnc([C@@H]5CCCN5C(=O)Cc5ccccc5)[nH]4)c3)cc2)[nH]1)c1ccccc1. The third-order valence-corrected chi connectivity index (χ3v) is 9.95. The number of likely N-dealkylation sites (tertiary alicyclic amines) is 2. The van der Waals surface area contributed by atoms with Gasteiger partial charge in [-0.1, -0.05) is 72.8 Å². The number of H-pyrrole nitrogens is 2. The average Bonchev–Trinajstić information content (AvgIpc) is 4.00. The highest BCUT2D eigenvalue weighted by Crippen LogP contribution is 2.35. The molecule has 0 unspecified atom stereocenters. The first kappa shape index (κ1) is 32.4. The molecule has 6 aromatic rings. The van der Waals surface area contributed by atoms with E-state index in [1.807, 2.05) is 126 Å². The van der Waals surface area contributed by atoms with Crippen molar-refractivity contribution in [2.75, 3.05) is 19.6 Å². The highest BCUT2D eigenvalue weighted by molar-refractivity contribution is 5.97. The molecule has 1 amide bonds. The topological polar surface area (TPSA) is 107 Å². The highest BCUT2D eigenvalue weighted by Gasteiger charge is 2.32. The lowest BCUT2D eigenvalue weighted by atomic mass is 10.1. The van der Waals surface area contributed by atoms with Crippen LogP contribution in [0.4, 0.5) is 0 Å². The number of carbonyl (C=O) groups is 2. The van der Waals surface area contributed by atoms with Crippen molar-refractivity contribution in [3.8, 4) is 34.0 Å². The number of carbonyl (C=O) groups excluding carboxylic acids is 2. The van der Waals surface area contributed by atoms with E-state index in [9.17, 15) is 9.59 Å². The summed E-state index contributed by atoms with van der Waals surface area (Å²) in [4.78, 5) is 46.7. The summed E-state index contributed by atoms with van der Waals surface area (Å²) in [6, 6.07) is 35.3. The second-order valence-corrected chi connectivity index (χ2v) is 13.3. The Morgan fingerprint density at radius 1 is 0.686 bits per heavy atom. The molecule has 2 fully saturated rings. The number of hydrogen-bond acceptors (Lipinski definition) is 6. The monoisotopic (exact) mass is 676 g/mol. The maximum atomic E-state index is 13.2. The number of ether oxygens (including phenoxy) is 1. The predicted molar refractivity (Wildman–Crippen MR) is 196 cm³/mol. The number of aromatic amines is 2. The van der Waals surface area contributed by atoms with Crippen molar-refractivity contribution in [2.24, 2.45) is 0 Å². The third kappa shape index (κ3) is 7.25. The number of ketones is 1. The molecule has 2 aliphatic rings. The zero-order valence-electron chi connectivity index (χ0n) is 28.4. The summed E-state index contributed by atoms with van der Waals surface area (Å²) >= 11 is 0. The zero-order valence-corrected chi connectivity index (χ0v) is 28.4. The van der Waals surface area contributed by atoms with Gasteiger partial charge in [-0.2, -0.15) is 0 Å². The average molecular weight is 677 g/mol. The first-order valence-electron chi connectivity index (χ1n) is 17.7. The van der Waals surface area contributed by atoms with E-state index in [0.29, 0.717) is 18.7 Å². The van der Waals surface area contributed by atoms with E-state index in [2.05, 4.69) is 14.9 Å². The van der Waals surface area contributed by atoms with E-state index in [1.54, 1.807) is 0 Å². The molecule has 2 aromatic heterocycles. The van der Waals surface area contributed by atoms with E-state index < -0.39 is 0 Å². The number of benzene rings is 4. The van der Waals surface area contributed by atoms with E-state index in [-0.39, 0.29) is 23.8 Å². The zero-order chi connectivity index (χ0) is 34.6. The molecular weight excluding hydrogens is 637 g/mol. The summed E-state index contributed by atoms with van der Waals surface area (Å²) in [6.45, 7) is 2.00. The van der Waals surface area contributed by atoms with Gasteiger partial charge in [0.25, 0.3) is 0 Å². The maximum Gasteiger partial charge on any atom is 0.227 e. The molecule has 8 rings (SSSR count). The van der Waals surface area contributed by atoms with E-state index in [4.69, 9.17) is 14.7 Å². The van der Waals surface area contributed by atoms with Crippen LogP contribution in [0.5, 0.6) is 11.5 Å². The van der Waals surface area contributed by atoms with Crippen molar-refractivity contribution in [2.45, 2.75) is 44.2 Å². The van der Waals surface area contributed by atoms with Gasteiger partial charge in [-0.25, -0.2) is 9.97 Å². The van der Waals surface area contributed by atoms with Crippen molar-refractivity contribution in [3.63, 3.8) is 0 Å². The van der Waals surface area contributed by atoms with Crippen LogP contribution in [0.25, 0.3) is 22.5 Å². The summed E-state index contributed by atoms with van der Waals surface area (Å²) in [6.07, 6.45) is 7.95. The molecule has 2 saturated heterocycles. The van der Waals surface area contributed by atoms with Crippen LogP contribution in [0.15, 0.2) is 122 Å². The molecule has 51 heavy (non-hydrogen) atoms. The summed E-state index contributed by atoms with van der Waals surface area (Å²) in [5.74, 6) is 3.40. The molecule has 0 radical (unpaired) electrons. The summed E-state index contributed by atoms with van der Waals surface area (Å²) in [5.41, 5.74) is 5.54. The molecule has 4 heterocycles. The lowest BCUT2D eigenvalue weighted by Crippen LogP contribution is -2.32. The Balaban J connectivity index is 0.902. The first-order chi connectivity index (χ1) is 25.1. The van der Waals surface area contributed by atoms with Crippen molar-refractivity contribution >= 4 is 11.7 Å². The quantitative estimate of drug-likeness (QED) is 0.134. The van der Waals surface area contributed by atoms with Crippen LogP contribution in [0.2, 0.25) is 0 Å². The molecule has 0 saturated carbocycles. The fourth-order valence-electron chi connectivity index (χ4n) is 7.32. The lowest BCUT2D eigenvalue weighted by Gasteiger charge is -2.23. The second-order valence-electron chi connectivity index (χ2n) is 13.3. The Morgan fingerprint density at radius 3 is 2.12 bits per heavy atom. The number of rotatable bonds is 11. The van der Waals surface area contributed by atoms with E-state index >= 15 is 0 Å². The largest absolute Gasteiger partial charge is 0.457 e. The maximum absolute atomic E-state index is 13.2. The van der Waals surface area contributed by atoms with Crippen LogP contribution >= 0.6 is 0 Å². The highest BCUT2D eigenvalue weighted by atomic mass is 16.5. The molecule has 0 aliphatic carbocycles. The summed E-state index contributed by atoms with van der Waals surface area (Å²) in [5, 5.41) is 0. The molecule has 0 spiro atoms. The van der Waals surface area contributed by atoms with Gasteiger partial charge in [-0.05, 0) is 79.8 Å². The molecule has 0 bridgehead atoms. The minimum absolute atomic E-state index is 0.0557. The minimum atomic E-state index is -0.0557. The smallest absolute Gasteiger partial charge is 0.227 e. The van der Waals surface area contributed by atoms with Crippen LogP contribution in [-0.2, 0) is 11.2 Å². The summed E-state index contributed by atoms with van der Waals surface area (Å²) < 4.78 is 6.27. The predicted octanol–water partition coefficient (Wildman–Crippen LogP) is 8.19. The van der Waals surface area contributed by atoms with Gasteiger partial charge in [0, 0.05) is 17.7 Å². The van der Waals surface area contributed by atoms with Crippen molar-refractivity contribution in [1.82, 2.24) is 29.7 Å². The van der Waals surface area contributed by atoms with Crippen LogP contribution < -0.4 is 4.74 Å². The molecule has 256 valence electrons. The number of imidazole rings is 2. The fourth-order valence-corrected chi connectivity index (χ4v) is 7.32. The van der Waals surface area contributed by atoms with Gasteiger partial charge < -0.3 is 19.6 Å². The van der Waals surface area contributed by atoms with Crippen LogP contribution in [0, 0.1) is 0 Å². The number of nitrogens with zero attached hydrogens (tertiary/aromatic N) is 4. The fraction of sp³-hybridized carbons (Fsp3) is 0.238. The van der Waals surface area contributed by atoms with Gasteiger partial charge >= 0.3 is 0 Å². The normalized spacial score (nSPS) is 17.5. The van der Waals surface area contributed by atoms with Gasteiger partial charge in [0.05, 0.1) is 48.8 Å². The molecule has 2 N–H and O–H groups in total. The Kier molecular flexibility index (Phi) is 9.27. The van der Waals surface area contributed by atoms with Crippen LogP contribution in [0.3, 0.4) is 0 Å². The Labute approximate surface area is 297 Å². The molecular formula is C42H40N6O3. The van der Waals surface area contributed by atoms with Gasteiger partial charge in [0.1, 0.15) is 23.1 Å². The standard InChI is InChI=1S/C42H40N6O3/c49-39(31-12-5-2-6-13-31)28-47-22-8-16-37(47)41-43-26-35(45-41)30-18-20-33(21-19-30)51-34-15-7-14-32(25-34)36-27-44-42(46-36)38-17-9-23-48(38)40(50)24-29-10-3-1-4-11-29/h1-7,10-15,18-21,25-27,37-38H,8-9,16-17,22-24,28H2,(H,43,45)(H,44,46)/t37-,38-/m0/s1. The molecule has 9 heteroatoms. The number of aromatic nitrogens is 4. The number of hydrogen-bond donors (Lipinski definition) is 2. The minimum Gasteiger partial charge on any atom is -0.457 e. The Bertz CT molecular complexity index is 2110.